The van der Waals surface area contributed by atoms with Crippen molar-refractivity contribution in [1.82, 2.24) is 15.4 Å². The van der Waals surface area contributed by atoms with Gasteiger partial charge in [-0.1, -0.05) is 24.3 Å². The summed E-state index contributed by atoms with van der Waals surface area (Å²) >= 11 is 0. The van der Waals surface area contributed by atoms with Crippen molar-refractivity contribution < 1.29 is 8.42 Å². The number of rotatable bonds is 8. The minimum absolute atomic E-state index is 0. The van der Waals surface area contributed by atoms with E-state index in [1.165, 1.54) is 11.1 Å². The SMILES string of the molecule is CCS(=O)(=O)NCCCNC(=NC)NCc1ccccc1C.I. The van der Waals surface area contributed by atoms with Gasteiger partial charge in [-0.05, 0) is 31.4 Å². The molecule has 132 valence electrons. The zero-order valence-corrected chi connectivity index (χ0v) is 17.1. The van der Waals surface area contributed by atoms with Crippen LogP contribution in [0.15, 0.2) is 29.3 Å². The molecule has 0 radical (unpaired) electrons. The fourth-order valence-electron chi connectivity index (χ4n) is 1.83. The molecular formula is C15H27IN4O2S. The second-order valence-corrected chi connectivity index (χ2v) is 7.03. The number of guanidine groups is 1. The Morgan fingerprint density at radius 2 is 1.87 bits per heavy atom. The number of hydrogen-bond acceptors (Lipinski definition) is 3. The summed E-state index contributed by atoms with van der Waals surface area (Å²) in [5.74, 6) is 0.821. The van der Waals surface area contributed by atoms with Gasteiger partial charge in [-0.3, -0.25) is 4.99 Å². The molecule has 0 spiro atoms. The summed E-state index contributed by atoms with van der Waals surface area (Å²) in [5, 5.41) is 6.41. The highest BCUT2D eigenvalue weighted by Crippen LogP contribution is 2.05. The van der Waals surface area contributed by atoms with Crippen molar-refractivity contribution in [1.29, 1.82) is 0 Å². The molecule has 23 heavy (non-hydrogen) atoms. The van der Waals surface area contributed by atoms with E-state index in [1.807, 2.05) is 12.1 Å². The average molecular weight is 454 g/mol. The van der Waals surface area contributed by atoms with Crippen molar-refractivity contribution in [3.63, 3.8) is 0 Å². The molecule has 0 saturated carbocycles. The van der Waals surface area contributed by atoms with Gasteiger partial charge in [0.25, 0.3) is 0 Å². The van der Waals surface area contributed by atoms with Crippen LogP contribution < -0.4 is 15.4 Å². The van der Waals surface area contributed by atoms with E-state index in [9.17, 15) is 8.42 Å². The number of sulfonamides is 1. The molecular weight excluding hydrogens is 427 g/mol. The lowest BCUT2D eigenvalue weighted by Gasteiger charge is -2.13. The molecule has 0 aliphatic heterocycles. The number of hydrogen-bond donors (Lipinski definition) is 3. The van der Waals surface area contributed by atoms with E-state index in [1.54, 1.807) is 14.0 Å². The number of aryl methyl sites for hydroxylation is 1. The van der Waals surface area contributed by atoms with E-state index in [2.05, 4.69) is 39.4 Å². The first-order valence-corrected chi connectivity index (χ1v) is 9.10. The Balaban J connectivity index is 0.00000484. The van der Waals surface area contributed by atoms with Gasteiger partial charge in [-0.2, -0.15) is 0 Å². The Kier molecular flexibility index (Phi) is 11.2. The Bertz CT molecular complexity index is 591. The van der Waals surface area contributed by atoms with Crippen molar-refractivity contribution in [2.24, 2.45) is 4.99 Å². The van der Waals surface area contributed by atoms with E-state index in [4.69, 9.17) is 0 Å². The highest BCUT2D eigenvalue weighted by molar-refractivity contribution is 14.0. The van der Waals surface area contributed by atoms with Crippen LogP contribution >= 0.6 is 24.0 Å². The van der Waals surface area contributed by atoms with Crippen molar-refractivity contribution >= 4 is 40.0 Å². The molecule has 0 bridgehead atoms. The maximum absolute atomic E-state index is 11.3. The van der Waals surface area contributed by atoms with Crippen LogP contribution in [0.4, 0.5) is 0 Å². The molecule has 1 aromatic rings. The van der Waals surface area contributed by atoms with E-state index in [0.29, 0.717) is 32.0 Å². The van der Waals surface area contributed by atoms with Crippen molar-refractivity contribution in [2.45, 2.75) is 26.8 Å². The van der Waals surface area contributed by atoms with Crippen LogP contribution in [0.5, 0.6) is 0 Å². The lowest BCUT2D eigenvalue weighted by molar-refractivity contribution is 0.579. The van der Waals surface area contributed by atoms with Crippen LogP contribution in [-0.2, 0) is 16.6 Å². The van der Waals surface area contributed by atoms with Gasteiger partial charge in [0.15, 0.2) is 5.96 Å². The monoisotopic (exact) mass is 454 g/mol. The molecule has 1 aromatic carbocycles. The first kappa shape index (κ1) is 22.1. The molecule has 6 nitrogen and oxygen atoms in total. The van der Waals surface area contributed by atoms with Gasteiger partial charge >= 0.3 is 0 Å². The normalized spacial score (nSPS) is 11.7. The van der Waals surface area contributed by atoms with E-state index in [-0.39, 0.29) is 29.7 Å². The number of halogens is 1. The molecule has 3 N–H and O–H groups in total. The predicted molar refractivity (Wildman–Crippen MR) is 107 cm³/mol. The van der Waals surface area contributed by atoms with E-state index < -0.39 is 10.0 Å². The zero-order chi connectivity index (χ0) is 16.4. The second-order valence-electron chi connectivity index (χ2n) is 4.93. The van der Waals surface area contributed by atoms with Gasteiger partial charge in [-0.25, -0.2) is 13.1 Å². The third-order valence-corrected chi connectivity index (χ3v) is 4.68. The fraction of sp³-hybridized carbons (Fsp3) is 0.533. The number of nitrogens with one attached hydrogen (secondary N) is 3. The summed E-state index contributed by atoms with van der Waals surface area (Å²) in [6.45, 7) is 5.48. The standard InChI is InChI=1S/C15H26N4O2S.HI/c1-4-22(20,21)19-11-7-10-17-15(16-3)18-12-14-9-6-5-8-13(14)2;/h5-6,8-9,19H,4,7,10-12H2,1-3H3,(H2,16,17,18);1H. The minimum atomic E-state index is -3.10. The van der Waals surface area contributed by atoms with Crippen LogP contribution in [-0.4, -0.2) is 40.3 Å². The third kappa shape index (κ3) is 9.11. The molecule has 0 aliphatic carbocycles. The lowest BCUT2D eigenvalue weighted by Crippen LogP contribution is -2.38. The smallest absolute Gasteiger partial charge is 0.211 e. The molecule has 0 heterocycles. The maximum Gasteiger partial charge on any atom is 0.211 e. The largest absolute Gasteiger partial charge is 0.356 e. The third-order valence-electron chi connectivity index (χ3n) is 3.28. The van der Waals surface area contributed by atoms with Gasteiger partial charge < -0.3 is 10.6 Å². The van der Waals surface area contributed by atoms with Crippen molar-refractivity contribution in [3.05, 3.63) is 35.4 Å². The molecule has 1 rings (SSSR count). The molecule has 0 unspecified atom stereocenters. The summed E-state index contributed by atoms with van der Waals surface area (Å²) < 4.78 is 25.1. The molecule has 0 aromatic heterocycles. The van der Waals surface area contributed by atoms with Crippen LogP contribution in [0.1, 0.15) is 24.5 Å². The second kappa shape index (κ2) is 11.6. The molecule has 0 amide bonds. The van der Waals surface area contributed by atoms with Crippen LogP contribution in [0.3, 0.4) is 0 Å². The average Bonchev–Trinajstić information content (AvgIpc) is 2.51. The zero-order valence-electron chi connectivity index (χ0n) is 13.9. The summed E-state index contributed by atoms with van der Waals surface area (Å²) in [5.41, 5.74) is 2.46. The Morgan fingerprint density at radius 1 is 1.17 bits per heavy atom. The van der Waals surface area contributed by atoms with Crippen LogP contribution in [0.25, 0.3) is 0 Å². The molecule has 0 fully saturated rings. The highest BCUT2D eigenvalue weighted by atomic mass is 127. The quantitative estimate of drug-likeness (QED) is 0.241. The summed E-state index contributed by atoms with van der Waals surface area (Å²) in [4.78, 5) is 4.15. The lowest BCUT2D eigenvalue weighted by atomic mass is 10.1. The molecule has 0 aliphatic rings. The Morgan fingerprint density at radius 3 is 2.48 bits per heavy atom. The summed E-state index contributed by atoms with van der Waals surface area (Å²) in [6.07, 6.45) is 0.699. The molecule has 8 heteroatoms. The first-order chi connectivity index (χ1) is 10.5. The number of aliphatic imine (C=N–C) groups is 1. The number of nitrogens with zero attached hydrogens (tertiary/aromatic N) is 1. The highest BCUT2D eigenvalue weighted by Gasteiger charge is 2.04. The molecule has 0 saturated heterocycles. The van der Waals surface area contributed by atoms with Gasteiger partial charge in [0.2, 0.25) is 10.0 Å². The summed E-state index contributed by atoms with van der Waals surface area (Å²) in [6, 6.07) is 8.19. The fourth-order valence-corrected chi connectivity index (χ4v) is 2.49. The Labute approximate surface area is 156 Å². The van der Waals surface area contributed by atoms with Crippen LogP contribution in [0, 0.1) is 6.92 Å². The molecule has 0 atom stereocenters. The van der Waals surface area contributed by atoms with Gasteiger partial charge in [0, 0.05) is 26.7 Å². The van der Waals surface area contributed by atoms with Gasteiger partial charge in [0.05, 0.1) is 5.75 Å². The minimum Gasteiger partial charge on any atom is -0.356 e. The van der Waals surface area contributed by atoms with E-state index in [0.717, 1.165) is 0 Å². The predicted octanol–water partition coefficient (Wildman–Crippen LogP) is 1.61. The maximum atomic E-state index is 11.3. The van der Waals surface area contributed by atoms with Crippen molar-refractivity contribution in [3.8, 4) is 0 Å². The van der Waals surface area contributed by atoms with Gasteiger partial charge in [-0.15, -0.1) is 24.0 Å². The van der Waals surface area contributed by atoms with Crippen molar-refractivity contribution in [2.75, 3.05) is 25.9 Å². The summed E-state index contributed by atoms with van der Waals surface area (Å²) in [7, 11) is -1.39. The van der Waals surface area contributed by atoms with E-state index >= 15 is 0 Å². The van der Waals surface area contributed by atoms with Crippen LogP contribution in [0.2, 0.25) is 0 Å². The Hall–Kier alpha value is -0.870. The van der Waals surface area contributed by atoms with Gasteiger partial charge in [0.1, 0.15) is 0 Å². The number of benzene rings is 1. The topological polar surface area (TPSA) is 82.6 Å². The first-order valence-electron chi connectivity index (χ1n) is 7.45.